The summed E-state index contributed by atoms with van der Waals surface area (Å²) in [5.41, 5.74) is 1.12. The molecule has 0 bridgehead atoms. The van der Waals surface area contributed by atoms with Crippen LogP contribution >= 0.6 is 0 Å². The van der Waals surface area contributed by atoms with Crippen molar-refractivity contribution in [3.8, 4) is 0 Å². The molecule has 0 spiro atoms. The van der Waals surface area contributed by atoms with Gasteiger partial charge in [0.25, 0.3) is 5.91 Å². The van der Waals surface area contributed by atoms with Crippen molar-refractivity contribution in [1.29, 1.82) is 0 Å². The van der Waals surface area contributed by atoms with Gasteiger partial charge in [0.2, 0.25) is 10.0 Å². The highest BCUT2D eigenvalue weighted by Crippen LogP contribution is 2.16. The van der Waals surface area contributed by atoms with Gasteiger partial charge in [-0.1, -0.05) is 0 Å². The third-order valence-corrected chi connectivity index (χ3v) is 3.72. The smallest absolute Gasteiger partial charge is 0.254 e. The molecule has 1 rings (SSSR count). The largest absolute Gasteiger partial charge is 0.339 e. The zero-order valence-electron chi connectivity index (χ0n) is 10.8. The lowest BCUT2D eigenvalue weighted by Crippen LogP contribution is -2.31. The molecule has 18 heavy (non-hydrogen) atoms. The number of hydrogen-bond acceptors (Lipinski definition) is 3. The maximum Gasteiger partial charge on any atom is 0.254 e. The van der Waals surface area contributed by atoms with Gasteiger partial charge in [-0.2, -0.15) is 0 Å². The van der Waals surface area contributed by atoms with E-state index >= 15 is 0 Å². The molecular formula is C12H18N2O3S. The number of carbonyl (C=O) groups is 1. The summed E-state index contributed by atoms with van der Waals surface area (Å²) in [6.45, 7) is 6.73. The van der Waals surface area contributed by atoms with Crippen molar-refractivity contribution in [3.63, 3.8) is 0 Å². The second kappa shape index (κ2) is 5.49. The number of hydrogen-bond donors (Lipinski definition) is 1. The van der Waals surface area contributed by atoms with E-state index in [0.717, 1.165) is 0 Å². The number of primary sulfonamides is 1. The molecule has 0 aromatic heterocycles. The summed E-state index contributed by atoms with van der Waals surface area (Å²) in [7, 11) is -3.72. The predicted molar refractivity (Wildman–Crippen MR) is 69.8 cm³/mol. The summed E-state index contributed by atoms with van der Waals surface area (Å²) >= 11 is 0. The molecule has 0 saturated heterocycles. The zero-order chi connectivity index (χ0) is 13.9. The van der Waals surface area contributed by atoms with Crippen LogP contribution in [-0.4, -0.2) is 32.3 Å². The summed E-state index contributed by atoms with van der Waals surface area (Å²) in [6.07, 6.45) is 0. The molecule has 6 heteroatoms. The molecule has 2 N–H and O–H groups in total. The first-order chi connectivity index (χ1) is 8.31. The van der Waals surface area contributed by atoms with Gasteiger partial charge in [0.15, 0.2) is 0 Å². The number of aryl methyl sites for hydroxylation is 1. The van der Waals surface area contributed by atoms with Crippen LogP contribution in [0, 0.1) is 6.92 Å². The standard InChI is InChI=1S/C12H18N2O3S/c1-4-14(5-2)12(15)11-7-6-10(8-9(11)3)18(13,16)17/h6-8H,4-5H2,1-3H3,(H2,13,16,17). The van der Waals surface area contributed by atoms with Crippen molar-refractivity contribution in [2.75, 3.05) is 13.1 Å². The number of carbonyl (C=O) groups excluding carboxylic acids is 1. The fraction of sp³-hybridized carbons (Fsp3) is 0.417. The van der Waals surface area contributed by atoms with Crippen molar-refractivity contribution < 1.29 is 13.2 Å². The molecule has 0 saturated carbocycles. The number of nitrogens with two attached hydrogens (primary N) is 1. The third-order valence-electron chi connectivity index (χ3n) is 2.81. The topological polar surface area (TPSA) is 80.5 Å². The summed E-state index contributed by atoms with van der Waals surface area (Å²) < 4.78 is 22.4. The Morgan fingerprint density at radius 3 is 2.22 bits per heavy atom. The maximum atomic E-state index is 12.1. The van der Waals surface area contributed by atoms with Gasteiger partial charge in [0.05, 0.1) is 4.90 Å². The minimum Gasteiger partial charge on any atom is -0.339 e. The Labute approximate surface area is 108 Å². The highest BCUT2D eigenvalue weighted by atomic mass is 32.2. The Kier molecular flexibility index (Phi) is 4.48. The van der Waals surface area contributed by atoms with Crippen molar-refractivity contribution in [2.24, 2.45) is 5.14 Å². The van der Waals surface area contributed by atoms with E-state index < -0.39 is 10.0 Å². The lowest BCUT2D eigenvalue weighted by atomic mass is 10.1. The van der Waals surface area contributed by atoms with E-state index in [2.05, 4.69) is 0 Å². The van der Waals surface area contributed by atoms with Crippen LogP contribution in [0.3, 0.4) is 0 Å². The van der Waals surface area contributed by atoms with E-state index in [0.29, 0.717) is 24.2 Å². The summed E-state index contributed by atoms with van der Waals surface area (Å²) in [4.78, 5) is 13.8. The SMILES string of the molecule is CCN(CC)C(=O)c1ccc(S(N)(=O)=O)cc1C. The highest BCUT2D eigenvalue weighted by Gasteiger charge is 2.17. The summed E-state index contributed by atoms with van der Waals surface area (Å²) in [5.74, 6) is -0.0986. The monoisotopic (exact) mass is 270 g/mol. The number of benzene rings is 1. The molecule has 0 heterocycles. The molecule has 1 amide bonds. The molecule has 0 aliphatic rings. The van der Waals surface area contributed by atoms with Gasteiger partial charge < -0.3 is 4.90 Å². The lowest BCUT2D eigenvalue weighted by Gasteiger charge is -2.19. The first-order valence-corrected chi connectivity index (χ1v) is 7.28. The van der Waals surface area contributed by atoms with Gasteiger partial charge in [-0.05, 0) is 44.5 Å². The molecule has 100 valence electrons. The predicted octanol–water partition coefficient (Wildman–Crippen LogP) is 1.12. The summed E-state index contributed by atoms with van der Waals surface area (Å²) in [6, 6.07) is 4.29. The van der Waals surface area contributed by atoms with Gasteiger partial charge in [0.1, 0.15) is 0 Å². The Hall–Kier alpha value is -1.40. The van der Waals surface area contributed by atoms with E-state index in [4.69, 9.17) is 5.14 Å². The number of nitrogens with zero attached hydrogens (tertiary/aromatic N) is 1. The van der Waals surface area contributed by atoms with Crippen molar-refractivity contribution in [2.45, 2.75) is 25.7 Å². The second-order valence-corrected chi connectivity index (χ2v) is 5.56. The molecule has 0 aliphatic carbocycles. The van der Waals surface area contributed by atoms with E-state index in [1.807, 2.05) is 13.8 Å². The Balaban J connectivity index is 3.18. The number of amides is 1. The van der Waals surface area contributed by atoms with Crippen LogP contribution in [-0.2, 0) is 10.0 Å². The Bertz CT molecular complexity index is 548. The lowest BCUT2D eigenvalue weighted by molar-refractivity contribution is 0.0772. The van der Waals surface area contributed by atoms with E-state index in [1.54, 1.807) is 11.8 Å². The van der Waals surface area contributed by atoms with Crippen molar-refractivity contribution >= 4 is 15.9 Å². The normalized spacial score (nSPS) is 11.3. The third kappa shape index (κ3) is 3.08. The first kappa shape index (κ1) is 14.7. The Morgan fingerprint density at radius 2 is 1.83 bits per heavy atom. The van der Waals surface area contributed by atoms with Gasteiger partial charge in [-0.15, -0.1) is 0 Å². The quantitative estimate of drug-likeness (QED) is 0.890. The number of rotatable bonds is 4. The van der Waals surface area contributed by atoms with Crippen LogP contribution in [0.4, 0.5) is 0 Å². The molecule has 0 atom stereocenters. The van der Waals surface area contributed by atoms with Crippen LogP contribution in [0.5, 0.6) is 0 Å². The van der Waals surface area contributed by atoms with Gasteiger partial charge in [-0.3, -0.25) is 4.79 Å². The van der Waals surface area contributed by atoms with Crippen molar-refractivity contribution in [1.82, 2.24) is 4.90 Å². The molecule has 0 fully saturated rings. The van der Waals surface area contributed by atoms with Crippen LogP contribution in [0.15, 0.2) is 23.1 Å². The molecule has 0 radical (unpaired) electrons. The first-order valence-electron chi connectivity index (χ1n) is 5.74. The molecule has 0 unspecified atom stereocenters. The van der Waals surface area contributed by atoms with Gasteiger partial charge >= 0.3 is 0 Å². The van der Waals surface area contributed by atoms with E-state index in [1.165, 1.54) is 18.2 Å². The maximum absolute atomic E-state index is 12.1. The molecule has 5 nitrogen and oxygen atoms in total. The van der Waals surface area contributed by atoms with Gasteiger partial charge in [-0.25, -0.2) is 13.6 Å². The van der Waals surface area contributed by atoms with Gasteiger partial charge in [0, 0.05) is 18.7 Å². The Morgan fingerprint density at radius 1 is 1.28 bits per heavy atom. The zero-order valence-corrected chi connectivity index (χ0v) is 11.6. The second-order valence-electron chi connectivity index (χ2n) is 4.00. The average Bonchev–Trinajstić information content (AvgIpc) is 2.29. The van der Waals surface area contributed by atoms with Crippen LogP contribution in [0.1, 0.15) is 29.8 Å². The minimum atomic E-state index is -3.72. The van der Waals surface area contributed by atoms with Crippen LogP contribution < -0.4 is 5.14 Å². The highest BCUT2D eigenvalue weighted by molar-refractivity contribution is 7.89. The van der Waals surface area contributed by atoms with Crippen LogP contribution in [0.25, 0.3) is 0 Å². The van der Waals surface area contributed by atoms with Crippen molar-refractivity contribution in [3.05, 3.63) is 29.3 Å². The minimum absolute atomic E-state index is 0.0242. The summed E-state index contributed by atoms with van der Waals surface area (Å²) in [5, 5.41) is 5.04. The molecule has 1 aromatic rings. The van der Waals surface area contributed by atoms with E-state index in [9.17, 15) is 13.2 Å². The molecule has 0 aliphatic heterocycles. The number of sulfonamides is 1. The van der Waals surface area contributed by atoms with Crippen LogP contribution in [0.2, 0.25) is 0 Å². The average molecular weight is 270 g/mol. The van der Waals surface area contributed by atoms with E-state index in [-0.39, 0.29) is 10.8 Å². The fourth-order valence-electron chi connectivity index (χ4n) is 1.73. The fourth-order valence-corrected chi connectivity index (χ4v) is 2.33. The molecule has 1 aromatic carbocycles. The molecular weight excluding hydrogens is 252 g/mol.